The second-order valence-electron chi connectivity index (χ2n) is 15.5. The summed E-state index contributed by atoms with van der Waals surface area (Å²) in [5.41, 5.74) is -0.610. The standard InChI is InChI=1S/C38H63N2O8.BrH/c1-7-31(42)29(5)36-32(46-36)24-26(2)12-11-13-27(3)35-28(4)14-15-33(38(6,45)17-16-30(41)25-34(43)48-35)47-37(44)39-18-22-40(23-19-39)20-9-8-10-21-40;/h11-15,26,28-33,35-36,41-42,45H,7-10,16-25H2,1-6H3;1H/q+1;/p-1/b12-11+,15-14+,27-13+;/t26-,28+,29-,30-,31+,32-,33+,35-,36-,38-;/m1./s1. The second-order valence-corrected chi connectivity index (χ2v) is 15.5. The first kappa shape index (κ1) is 41.7. The fraction of sp³-hybridized carbons (Fsp3) is 0.789. The molecule has 0 aliphatic carbocycles. The highest BCUT2D eigenvalue weighted by Gasteiger charge is 2.45. The highest BCUT2D eigenvalue weighted by atomic mass is 79.9. The lowest BCUT2D eigenvalue weighted by molar-refractivity contribution is -0.935. The van der Waals surface area contributed by atoms with E-state index in [0.717, 1.165) is 36.0 Å². The van der Waals surface area contributed by atoms with Crippen molar-refractivity contribution < 1.29 is 60.6 Å². The number of piperazine rings is 1. The van der Waals surface area contributed by atoms with Crippen LogP contribution in [0.5, 0.6) is 0 Å². The number of nitrogens with zero attached hydrogens (tertiary/aromatic N) is 2. The number of piperidine rings is 1. The summed E-state index contributed by atoms with van der Waals surface area (Å²) < 4.78 is 18.9. The van der Waals surface area contributed by atoms with Crippen LogP contribution in [0.15, 0.2) is 36.0 Å². The number of quaternary nitrogens is 1. The van der Waals surface area contributed by atoms with Gasteiger partial charge in [-0.25, -0.2) is 4.79 Å². The quantitative estimate of drug-likeness (QED) is 0.107. The van der Waals surface area contributed by atoms with Crippen molar-refractivity contribution in [1.82, 2.24) is 4.90 Å². The zero-order chi connectivity index (χ0) is 35.1. The predicted octanol–water partition coefficient (Wildman–Crippen LogP) is 1.91. The number of hydrogen-bond donors (Lipinski definition) is 3. The van der Waals surface area contributed by atoms with E-state index in [1.54, 1.807) is 17.9 Å². The molecule has 0 aromatic heterocycles. The van der Waals surface area contributed by atoms with E-state index in [2.05, 4.69) is 13.0 Å². The first-order valence-electron chi connectivity index (χ1n) is 18.5. The summed E-state index contributed by atoms with van der Waals surface area (Å²) in [5, 5.41) is 32.3. The number of cyclic esters (lactones) is 1. The minimum absolute atomic E-state index is 0. The zero-order valence-corrected chi connectivity index (χ0v) is 32.2. The molecule has 3 N–H and O–H groups in total. The van der Waals surface area contributed by atoms with Gasteiger partial charge in [-0.05, 0) is 76.4 Å². The number of rotatable bonds is 9. The Labute approximate surface area is 304 Å². The fourth-order valence-electron chi connectivity index (χ4n) is 7.67. The highest BCUT2D eigenvalue weighted by Crippen LogP contribution is 2.36. The van der Waals surface area contributed by atoms with Gasteiger partial charge in [-0.15, -0.1) is 0 Å². The fourth-order valence-corrected chi connectivity index (χ4v) is 7.67. The Kier molecular flexibility index (Phi) is 15.9. The molecule has 280 valence electrons. The summed E-state index contributed by atoms with van der Waals surface area (Å²) in [4.78, 5) is 28.0. The van der Waals surface area contributed by atoms with E-state index in [1.165, 1.54) is 32.4 Å². The van der Waals surface area contributed by atoms with Crippen LogP contribution in [0.1, 0.15) is 92.9 Å². The SMILES string of the molecule is CC[C@H](O)[C@@H](C)[C@H]1O[C@@H]1C[C@H](C)/C=C/C=C(\C)[C@H]1OC(=O)C[C@H](O)CC[C@@](C)(O)[C@@H](OC(=O)N2CC[N+]3(CCCCC3)CC2)/C=C/[C@@H]1C.[Br-]. The van der Waals surface area contributed by atoms with E-state index in [4.69, 9.17) is 14.2 Å². The predicted molar refractivity (Wildman–Crippen MR) is 185 cm³/mol. The van der Waals surface area contributed by atoms with Crippen LogP contribution < -0.4 is 17.0 Å². The molecule has 4 aliphatic heterocycles. The number of carbonyl (C=O) groups is 2. The van der Waals surface area contributed by atoms with Gasteiger partial charge in [0.15, 0.2) is 6.10 Å². The minimum atomic E-state index is -1.44. The molecule has 0 unspecified atom stereocenters. The molecule has 0 radical (unpaired) electrons. The van der Waals surface area contributed by atoms with Gasteiger partial charge < -0.3 is 51.0 Å². The Balaban J connectivity index is 0.00000650. The van der Waals surface area contributed by atoms with E-state index >= 15 is 0 Å². The summed E-state index contributed by atoms with van der Waals surface area (Å²) >= 11 is 0. The Hall–Kier alpha value is -1.76. The molecule has 3 saturated heterocycles. The van der Waals surface area contributed by atoms with Gasteiger partial charge in [0.25, 0.3) is 0 Å². The lowest BCUT2D eigenvalue weighted by Gasteiger charge is -2.46. The topological polar surface area (TPSA) is 129 Å². The lowest BCUT2D eigenvalue weighted by atomic mass is 9.88. The summed E-state index contributed by atoms with van der Waals surface area (Å²) in [5.74, 6) is -0.423. The molecule has 0 aromatic carbocycles. The number of aliphatic hydroxyl groups is 3. The van der Waals surface area contributed by atoms with Crippen molar-refractivity contribution in [3.8, 4) is 0 Å². The van der Waals surface area contributed by atoms with E-state index < -0.39 is 36.0 Å². The average Bonchev–Trinajstić information content (AvgIpc) is 3.82. The maximum atomic E-state index is 13.4. The summed E-state index contributed by atoms with van der Waals surface area (Å²) in [6.07, 6.45) is 12.0. The molecule has 10 atom stereocenters. The van der Waals surface area contributed by atoms with E-state index in [-0.39, 0.29) is 72.3 Å². The average molecular weight is 756 g/mol. The third-order valence-corrected chi connectivity index (χ3v) is 11.3. The van der Waals surface area contributed by atoms with Gasteiger partial charge in [0, 0.05) is 11.8 Å². The Morgan fingerprint density at radius 2 is 1.84 bits per heavy atom. The van der Waals surface area contributed by atoms with Gasteiger partial charge in [0.1, 0.15) is 11.7 Å². The molecule has 3 fully saturated rings. The van der Waals surface area contributed by atoms with Gasteiger partial charge in [0.2, 0.25) is 0 Å². The molecule has 49 heavy (non-hydrogen) atoms. The molecule has 4 aliphatic rings. The van der Waals surface area contributed by atoms with Crippen LogP contribution in [0.25, 0.3) is 0 Å². The van der Waals surface area contributed by atoms with Crippen molar-refractivity contribution in [1.29, 1.82) is 0 Å². The number of aliphatic hydroxyl groups excluding tert-OH is 2. The van der Waals surface area contributed by atoms with E-state index in [0.29, 0.717) is 13.1 Å². The number of ether oxygens (including phenoxy) is 3. The number of allylic oxidation sites excluding steroid dienone is 3. The molecule has 10 nitrogen and oxygen atoms in total. The monoisotopic (exact) mass is 754 g/mol. The van der Waals surface area contributed by atoms with Crippen molar-refractivity contribution in [2.24, 2.45) is 17.8 Å². The largest absolute Gasteiger partial charge is 1.00 e. The first-order chi connectivity index (χ1) is 22.7. The van der Waals surface area contributed by atoms with Crippen LogP contribution in [-0.4, -0.2) is 118 Å². The molecule has 0 saturated carbocycles. The molecular formula is C38H63BrN2O8. The normalized spacial score (nSPS) is 35.2. The van der Waals surface area contributed by atoms with Crippen molar-refractivity contribution >= 4 is 12.1 Å². The summed E-state index contributed by atoms with van der Waals surface area (Å²) in [7, 11) is 0. The minimum Gasteiger partial charge on any atom is -1.00 e. The number of carbonyl (C=O) groups excluding carboxylic acids is 2. The van der Waals surface area contributed by atoms with Gasteiger partial charge in [-0.2, -0.15) is 0 Å². The Morgan fingerprint density at radius 1 is 1.16 bits per heavy atom. The van der Waals surface area contributed by atoms with Crippen molar-refractivity contribution in [3.05, 3.63) is 36.0 Å². The third-order valence-electron chi connectivity index (χ3n) is 11.3. The smallest absolute Gasteiger partial charge is 0.410 e. The molecule has 11 heteroatoms. The number of amides is 1. The maximum absolute atomic E-state index is 13.4. The second kappa shape index (κ2) is 18.6. The van der Waals surface area contributed by atoms with Crippen LogP contribution in [0.4, 0.5) is 4.79 Å². The molecular weight excluding hydrogens is 692 g/mol. The molecule has 4 rings (SSSR count). The molecule has 4 heterocycles. The Morgan fingerprint density at radius 3 is 2.49 bits per heavy atom. The zero-order valence-electron chi connectivity index (χ0n) is 30.6. The number of epoxide rings is 1. The van der Waals surface area contributed by atoms with Gasteiger partial charge in [-0.1, -0.05) is 52.0 Å². The first-order valence-corrected chi connectivity index (χ1v) is 18.5. The van der Waals surface area contributed by atoms with Crippen LogP contribution >= 0.6 is 0 Å². The van der Waals surface area contributed by atoms with Gasteiger partial charge >= 0.3 is 12.1 Å². The van der Waals surface area contributed by atoms with Crippen molar-refractivity contribution in [2.45, 2.75) is 135 Å². The van der Waals surface area contributed by atoms with Crippen LogP contribution in [0, 0.1) is 17.8 Å². The van der Waals surface area contributed by atoms with Gasteiger partial charge in [-0.3, -0.25) is 9.69 Å². The van der Waals surface area contributed by atoms with Crippen molar-refractivity contribution in [3.63, 3.8) is 0 Å². The third kappa shape index (κ3) is 11.9. The van der Waals surface area contributed by atoms with E-state index in [1.807, 2.05) is 45.9 Å². The van der Waals surface area contributed by atoms with Crippen molar-refractivity contribution in [2.75, 3.05) is 39.3 Å². The summed E-state index contributed by atoms with van der Waals surface area (Å²) in [6.45, 7) is 17.1. The molecule has 0 bridgehead atoms. The molecule has 1 amide bonds. The lowest BCUT2D eigenvalue weighted by Crippen LogP contribution is -3.00. The van der Waals surface area contributed by atoms with Crippen LogP contribution in [0.2, 0.25) is 0 Å². The van der Waals surface area contributed by atoms with E-state index in [9.17, 15) is 24.9 Å². The van der Waals surface area contributed by atoms with Crippen LogP contribution in [-0.2, 0) is 19.0 Å². The molecule has 1 spiro atoms. The van der Waals surface area contributed by atoms with Crippen LogP contribution in [0.3, 0.4) is 0 Å². The highest BCUT2D eigenvalue weighted by molar-refractivity contribution is 5.70. The number of hydrogen-bond acceptors (Lipinski definition) is 8. The Bertz CT molecular complexity index is 1160. The maximum Gasteiger partial charge on any atom is 0.410 e. The molecule has 0 aromatic rings. The van der Waals surface area contributed by atoms with Gasteiger partial charge in [0.05, 0.1) is 70.1 Å². The number of halogens is 1. The number of esters is 1. The summed E-state index contributed by atoms with van der Waals surface area (Å²) in [6, 6.07) is 0.